The molecule has 0 unspecified atom stereocenters. The number of rotatable bonds is 9. The molecular weight excluding hydrogens is 228 g/mol. The lowest BCUT2D eigenvalue weighted by atomic mass is 9.79. The van der Waals surface area contributed by atoms with Gasteiger partial charge in [-0.05, 0) is 24.2 Å². The number of hydrogen-bond acceptors (Lipinski definition) is 0. The molecular formula is C19H28. The van der Waals surface area contributed by atoms with Gasteiger partial charge < -0.3 is 0 Å². The fraction of sp³-hybridized carbons (Fsp3) is 0.579. The van der Waals surface area contributed by atoms with Gasteiger partial charge in [0.05, 0.1) is 0 Å². The van der Waals surface area contributed by atoms with Crippen molar-refractivity contribution in [2.75, 3.05) is 0 Å². The standard InChI is InChI=1S/C19H28/c1-2-3-4-5-6-7-16-19(17-12-8-9-13-17)18-14-10-11-15-18/h8-15,17-19H,2-7,16H2,1H3. The Morgan fingerprint density at radius 3 is 1.68 bits per heavy atom. The van der Waals surface area contributed by atoms with Crippen molar-refractivity contribution in [3.05, 3.63) is 48.6 Å². The minimum atomic E-state index is 0.660. The molecule has 0 saturated heterocycles. The van der Waals surface area contributed by atoms with Crippen molar-refractivity contribution in [1.82, 2.24) is 0 Å². The molecule has 19 heavy (non-hydrogen) atoms. The summed E-state index contributed by atoms with van der Waals surface area (Å²) in [5.41, 5.74) is 0. The summed E-state index contributed by atoms with van der Waals surface area (Å²) >= 11 is 0. The lowest BCUT2D eigenvalue weighted by molar-refractivity contribution is 0.352. The van der Waals surface area contributed by atoms with Crippen molar-refractivity contribution in [1.29, 1.82) is 0 Å². The first-order valence-corrected chi connectivity index (χ1v) is 8.12. The van der Waals surface area contributed by atoms with E-state index >= 15 is 0 Å². The highest BCUT2D eigenvalue weighted by Gasteiger charge is 2.24. The third-order valence-electron chi connectivity index (χ3n) is 4.44. The lowest BCUT2D eigenvalue weighted by Gasteiger charge is -2.25. The molecule has 0 heteroatoms. The van der Waals surface area contributed by atoms with Gasteiger partial charge in [-0.25, -0.2) is 0 Å². The van der Waals surface area contributed by atoms with Crippen molar-refractivity contribution < 1.29 is 0 Å². The van der Waals surface area contributed by atoms with Crippen molar-refractivity contribution in [3.63, 3.8) is 0 Å². The summed E-state index contributed by atoms with van der Waals surface area (Å²) in [6.07, 6.45) is 28.1. The smallest absolute Gasteiger partial charge is 0.00103 e. The van der Waals surface area contributed by atoms with Crippen molar-refractivity contribution in [2.45, 2.75) is 51.9 Å². The van der Waals surface area contributed by atoms with E-state index < -0.39 is 0 Å². The highest BCUT2D eigenvalue weighted by molar-refractivity contribution is 5.24. The monoisotopic (exact) mass is 256 g/mol. The van der Waals surface area contributed by atoms with Crippen molar-refractivity contribution >= 4 is 0 Å². The molecule has 0 spiro atoms. The molecule has 2 rings (SSSR count). The average Bonchev–Trinajstić information content (AvgIpc) is 3.11. The van der Waals surface area contributed by atoms with Crippen LogP contribution in [0.4, 0.5) is 0 Å². The summed E-state index contributed by atoms with van der Waals surface area (Å²) in [6, 6.07) is 0. The van der Waals surface area contributed by atoms with E-state index in [-0.39, 0.29) is 0 Å². The Balaban J connectivity index is 1.74. The van der Waals surface area contributed by atoms with Crippen LogP contribution in [0, 0.1) is 17.8 Å². The summed E-state index contributed by atoms with van der Waals surface area (Å²) < 4.78 is 0. The molecule has 0 aromatic heterocycles. The molecule has 0 heterocycles. The van der Waals surface area contributed by atoms with Gasteiger partial charge in [0.15, 0.2) is 0 Å². The number of allylic oxidation sites excluding steroid dienone is 8. The molecule has 0 fully saturated rings. The number of hydrogen-bond donors (Lipinski definition) is 0. The maximum Gasteiger partial charge on any atom is -0.00103 e. The summed E-state index contributed by atoms with van der Waals surface area (Å²) in [5, 5.41) is 0. The molecule has 2 aliphatic rings. The minimum absolute atomic E-state index is 0.660. The normalized spacial score (nSPS) is 18.4. The second-order valence-electron chi connectivity index (χ2n) is 5.91. The predicted octanol–water partition coefficient (Wildman–Crippen LogP) is 5.84. The van der Waals surface area contributed by atoms with Crippen LogP contribution in [0.25, 0.3) is 0 Å². The molecule has 0 aromatic carbocycles. The van der Waals surface area contributed by atoms with Gasteiger partial charge in [-0.1, -0.05) is 94.1 Å². The van der Waals surface area contributed by atoms with Crippen molar-refractivity contribution in [2.24, 2.45) is 17.8 Å². The van der Waals surface area contributed by atoms with E-state index in [4.69, 9.17) is 0 Å². The zero-order chi connectivity index (χ0) is 13.3. The highest BCUT2D eigenvalue weighted by Crippen LogP contribution is 2.34. The fourth-order valence-electron chi connectivity index (χ4n) is 3.27. The molecule has 104 valence electrons. The van der Waals surface area contributed by atoms with Crippen LogP contribution < -0.4 is 0 Å². The molecule has 0 atom stereocenters. The summed E-state index contributed by atoms with van der Waals surface area (Å²) in [7, 11) is 0. The Morgan fingerprint density at radius 1 is 0.684 bits per heavy atom. The van der Waals surface area contributed by atoms with Crippen LogP contribution >= 0.6 is 0 Å². The summed E-state index contributed by atoms with van der Waals surface area (Å²) in [6.45, 7) is 2.29. The van der Waals surface area contributed by atoms with Crippen LogP contribution in [0.5, 0.6) is 0 Å². The second kappa shape index (κ2) is 8.19. The van der Waals surface area contributed by atoms with Gasteiger partial charge in [0.1, 0.15) is 0 Å². The van der Waals surface area contributed by atoms with Gasteiger partial charge in [0.2, 0.25) is 0 Å². The largest absolute Gasteiger partial charge is 0.0773 e. The predicted molar refractivity (Wildman–Crippen MR) is 85.0 cm³/mol. The van der Waals surface area contributed by atoms with E-state index in [0.29, 0.717) is 11.8 Å². The van der Waals surface area contributed by atoms with Crippen LogP contribution in [0.2, 0.25) is 0 Å². The Kier molecular flexibility index (Phi) is 6.20. The Labute approximate surface area is 119 Å². The zero-order valence-electron chi connectivity index (χ0n) is 12.3. The van der Waals surface area contributed by atoms with Crippen LogP contribution in [0.15, 0.2) is 48.6 Å². The molecule has 0 N–H and O–H groups in total. The van der Waals surface area contributed by atoms with Crippen molar-refractivity contribution in [3.8, 4) is 0 Å². The SMILES string of the molecule is CCCCCCCCC(C1C=CC=C1)C1C=CC=C1. The second-order valence-corrected chi connectivity index (χ2v) is 5.91. The molecule has 2 aliphatic carbocycles. The van der Waals surface area contributed by atoms with Gasteiger partial charge >= 0.3 is 0 Å². The van der Waals surface area contributed by atoms with E-state index in [2.05, 4.69) is 55.5 Å². The maximum absolute atomic E-state index is 2.38. The third kappa shape index (κ3) is 4.53. The topological polar surface area (TPSA) is 0 Å². The van der Waals surface area contributed by atoms with Crippen LogP contribution in [-0.4, -0.2) is 0 Å². The average molecular weight is 256 g/mol. The molecule has 0 bridgehead atoms. The number of unbranched alkanes of at least 4 members (excludes halogenated alkanes) is 5. The molecule has 0 aliphatic heterocycles. The molecule has 0 amide bonds. The van der Waals surface area contributed by atoms with E-state index in [1.54, 1.807) is 0 Å². The molecule has 0 nitrogen and oxygen atoms in total. The Bertz CT molecular complexity index is 304. The highest BCUT2D eigenvalue weighted by atomic mass is 14.3. The van der Waals surface area contributed by atoms with E-state index in [9.17, 15) is 0 Å². The summed E-state index contributed by atoms with van der Waals surface area (Å²) in [5.74, 6) is 2.09. The first kappa shape index (κ1) is 14.4. The van der Waals surface area contributed by atoms with Gasteiger partial charge in [-0.2, -0.15) is 0 Å². The molecule has 0 aromatic rings. The van der Waals surface area contributed by atoms with Crippen LogP contribution in [-0.2, 0) is 0 Å². The van der Waals surface area contributed by atoms with Gasteiger partial charge in [0, 0.05) is 0 Å². The zero-order valence-corrected chi connectivity index (χ0v) is 12.3. The Morgan fingerprint density at radius 2 is 1.16 bits per heavy atom. The first-order valence-electron chi connectivity index (χ1n) is 8.12. The van der Waals surface area contributed by atoms with E-state index in [1.807, 2.05) is 0 Å². The Hall–Kier alpha value is -1.04. The minimum Gasteiger partial charge on any atom is -0.0773 e. The van der Waals surface area contributed by atoms with E-state index in [0.717, 1.165) is 5.92 Å². The van der Waals surface area contributed by atoms with Gasteiger partial charge in [-0.3, -0.25) is 0 Å². The molecule has 0 radical (unpaired) electrons. The van der Waals surface area contributed by atoms with E-state index in [1.165, 1.54) is 44.9 Å². The fourth-order valence-corrected chi connectivity index (χ4v) is 3.27. The van der Waals surface area contributed by atoms with Crippen LogP contribution in [0.1, 0.15) is 51.9 Å². The summed E-state index contributed by atoms with van der Waals surface area (Å²) in [4.78, 5) is 0. The van der Waals surface area contributed by atoms with Gasteiger partial charge in [-0.15, -0.1) is 0 Å². The maximum atomic E-state index is 2.38. The quantitative estimate of drug-likeness (QED) is 0.455. The lowest BCUT2D eigenvalue weighted by Crippen LogP contribution is -2.17. The first-order chi connectivity index (χ1) is 9.42. The van der Waals surface area contributed by atoms with Crippen LogP contribution in [0.3, 0.4) is 0 Å². The molecule has 0 saturated carbocycles. The third-order valence-corrected chi connectivity index (χ3v) is 4.44. The van der Waals surface area contributed by atoms with Gasteiger partial charge in [0.25, 0.3) is 0 Å².